The maximum Gasteiger partial charge on any atom is 0.189 e. The van der Waals surface area contributed by atoms with E-state index in [1.165, 1.54) is 25.7 Å². The zero-order chi connectivity index (χ0) is 17.2. The Morgan fingerprint density at radius 1 is 1.12 bits per heavy atom. The summed E-state index contributed by atoms with van der Waals surface area (Å²) in [6.45, 7) is 4.16. The molecule has 0 spiro atoms. The number of aromatic nitrogens is 1. The van der Waals surface area contributed by atoms with E-state index < -0.39 is 0 Å². The van der Waals surface area contributed by atoms with Gasteiger partial charge >= 0.3 is 0 Å². The average molecular weight is 353 g/mol. The largest absolute Gasteiger partial charge is 0.347 e. The molecule has 0 amide bonds. The van der Waals surface area contributed by atoms with E-state index in [1.54, 1.807) is 0 Å². The summed E-state index contributed by atoms with van der Waals surface area (Å²) >= 11 is 5.62. The van der Waals surface area contributed by atoms with Gasteiger partial charge in [0.15, 0.2) is 5.11 Å². The Bertz CT molecular complexity index is 789. The number of hydrogen-bond donors (Lipinski definition) is 1. The second-order valence-corrected chi connectivity index (χ2v) is 7.67. The number of rotatable bonds is 2. The lowest BCUT2D eigenvalue weighted by molar-refractivity contribution is 0.326. The predicted molar refractivity (Wildman–Crippen MR) is 107 cm³/mol. The lowest BCUT2D eigenvalue weighted by atomic mass is 9.84. The molecule has 1 aromatic carbocycles. The summed E-state index contributed by atoms with van der Waals surface area (Å²) in [5.74, 6) is 1.59. The average Bonchev–Trinajstić information content (AvgIpc) is 2.99. The van der Waals surface area contributed by atoms with E-state index >= 15 is 0 Å². The van der Waals surface area contributed by atoms with Crippen LogP contribution in [0.25, 0.3) is 10.9 Å². The minimum atomic E-state index is 0.756. The van der Waals surface area contributed by atoms with Gasteiger partial charge in [-0.25, -0.2) is 0 Å². The highest BCUT2D eigenvalue weighted by atomic mass is 32.1. The summed E-state index contributed by atoms with van der Waals surface area (Å²) < 4.78 is 0. The van der Waals surface area contributed by atoms with Crippen molar-refractivity contribution in [3.63, 3.8) is 0 Å². The van der Waals surface area contributed by atoms with Crippen molar-refractivity contribution in [2.24, 2.45) is 16.9 Å². The topological polar surface area (TPSA) is 40.5 Å². The van der Waals surface area contributed by atoms with Gasteiger partial charge < -0.3 is 4.90 Å². The van der Waals surface area contributed by atoms with Gasteiger partial charge in [-0.05, 0) is 62.7 Å². The predicted octanol–water partition coefficient (Wildman–Crippen LogP) is 3.96. The quantitative estimate of drug-likeness (QED) is 0.505. The third kappa shape index (κ3) is 3.52. The first-order valence-electron chi connectivity index (χ1n) is 9.14. The van der Waals surface area contributed by atoms with Gasteiger partial charge in [-0.1, -0.05) is 24.3 Å². The van der Waals surface area contributed by atoms with E-state index in [0.29, 0.717) is 0 Å². The zero-order valence-corrected chi connectivity index (χ0v) is 15.4. The molecule has 3 fully saturated rings. The molecule has 2 aromatic rings. The van der Waals surface area contributed by atoms with Crippen molar-refractivity contribution in [2.45, 2.75) is 32.6 Å². The van der Waals surface area contributed by atoms with Gasteiger partial charge in [-0.2, -0.15) is 5.10 Å². The Labute approximate surface area is 154 Å². The molecule has 0 atom stereocenters. The van der Waals surface area contributed by atoms with Crippen molar-refractivity contribution >= 4 is 33.9 Å². The molecule has 0 unspecified atom stereocenters. The standard InChI is InChI=1S/C20H24N4S/c1-14(18-6-2-4-17-5-3-11-21-19(17)18)22-23-20(25)24-12-15-7-8-16(13-24)10-9-15/h2-6,11,15-16H,7-10,12-13H2,1H3,(H,23,25)/b22-14+. The summed E-state index contributed by atoms with van der Waals surface area (Å²) in [5.41, 5.74) is 6.06. The van der Waals surface area contributed by atoms with E-state index in [2.05, 4.69) is 38.6 Å². The van der Waals surface area contributed by atoms with Gasteiger partial charge in [0.1, 0.15) is 0 Å². The number of pyridine rings is 1. The molecular formula is C20H24N4S. The van der Waals surface area contributed by atoms with Gasteiger partial charge in [0, 0.05) is 30.2 Å². The van der Waals surface area contributed by atoms with Gasteiger partial charge in [-0.15, -0.1) is 0 Å². The molecule has 25 heavy (non-hydrogen) atoms. The van der Waals surface area contributed by atoms with Crippen LogP contribution in [0.2, 0.25) is 0 Å². The summed E-state index contributed by atoms with van der Waals surface area (Å²) in [4.78, 5) is 6.83. The van der Waals surface area contributed by atoms with E-state index in [-0.39, 0.29) is 0 Å². The number of thiocarbonyl (C=S) groups is 1. The highest BCUT2D eigenvalue weighted by Gasteiger charge is 2.30. The van der Waals surface area contributed by atoms with Crippen LogP contribution in [-0.4, -0.2) is 33.8 Å². The minimum absolute atomic E-state index is 0.756. The second-order valence-electron chi connectivity index (χ2n) is 7.29. The van der Waals surface area contributed by atoms with Crippen LogP contribution in [0, 0.1) is 11.8 Å². The van der Waals surface area contributed by atoms with Crippen molar-refractivity contribution in [2.75, 3.05) is 13.1 Å². The Balaban J connectivity index is 1.50. The molecule has 1 N–H and O–H groups in total. The number of hydrogen-bond acceptors (Lipinski definition) is 3. The lowest BCUT2D eigenvalue weighted by Crippen LogP contribution is -2.40. The monoisotopic (exact) mass is 352 g/mol. The fourth-order valence-electron chi connectivity index (χ4n) is 4.12. The van der Waals surface area contributed by atoms with E-state index in [0.717, 1.165) is 52.2 Å². The van der Waals surface area contributed by atoms with E-state index in [1.807, 2.05) is 25.3 Å². The first-order chi connectivity index (χ1) is 12.2. The Hall–Kier alpha value is -2.01. The Morgan fingerprint density at radius 2 is 1.80 bits per heavy atom. The van der Waals surface area contributed by atoms with Gasteiger partial charge in [-0.3, -0.25) is 10.4 Å². The van der Waals surface area contributed by atoms with E-state index in [9.17, 15) is 0 Å². The van der Waals surface area contributed by atoms with Crippen LogP contribution in [0.5, 0.6) is 0 Å². The highest BCUT2D eigenvalue weighted by molar-refractivity contribution is 7.80. The van der Waals surface area contributed by atoms with Crippen LogP contribution in [0.3, 0.4) is 0 Å². The summed E-state index contributed by atoms with van der Waals surface area (Å²) in [5, 5.41) is 6.45. The second kappa shape index (κ2) is 7.08. The van der Waals surface area contributed by atoms with Crippen LogP contribution >= 0.6 is 12.2 Å². The van der Waals surface area contributed by atoms with Crippen molar-refractivity contribution in [1.29, 1.82) is 0 Å². The zero-order valence-electron chi connectivity index (χ0n) is 14.6. The molecule has 5 rings (SSSR count). The maximum atomic E-state index is 5.62. The van der Waals surface area contributed by atoms with Crippen LogP contribution in [0.4, 0.5) is 0 Å². The van der Waals surface area contributed by atoms with Crippen molar-refractivity contribution < 1.29 is 0 Å². The molecule has 4 nitrogen and oxygen atoms in total. The molecule has 2 bridgehead atoms. The van der Waals surface area contributed by atoms with Crippen molar-refractivity contribution in [3.8, 4) is 0 Å². The SMILES string of the molecule is C/C(=N\NC(=S)N1CC2CCC(CC2)C1)c1cccc2cccnc12. The molecule has 3 heterocycles. The van der Waals surface area contributed by atoms with Gasteiger partial charge in [0.2, 0.25) is 0 Å². The molecule has 130 valence electrons. The molecule has 3 aliphatic rings. The molecule has 1 aromatic heterocycles. The number of benzene rings is 1. The van der Waals surface area contributed by atoms with Crippen LogP contribution < -0.4 is 5.43 Å². The fourth-order valence-corrected chi connectivity index (χ4v) is 4.31. The lowest BCUT2D eigenvalue weighted by Gasteiger charge is -2.24. The van der Waals surface area contributed by atoms with Crippen LogP contribution in [-0.2, 0) is 0 Å². The van der Waals surface area contributed by atoms with Crippen LogP contribution in [0.1, 0.15) is 38.2 Å². The fraction of sp³-hybridized carbons (Fsp3) is 0.450. The molecule has 5 heteroatoms. The Kier molecular flexibility index (Phi) is 4.66. The molecule has 2 aliphatic heterocycles. The number of hydrazone groups is 1. The summed E-state index contributed by atoms with van der Waals surface area (Å²) in [7, 11) is 0. The van der Waals surface area contributed by atoms with Crippen molar-refractivity contribution in [1.82, 2.24) is 15.3 Å². The van der Waals surface area contributed by atoms with Crippen molar-refractivity contribution in [3.05, 3.63) is 42.1 Å². The van der Waals surface area contributed by atoms with Crippen LogP contribution in [0.15, 0.2) is 41.6 Å². The third-order valence-corrected chi connectivity index (χ3v) is 5.90. The normalized spacial score (nSPS) is 23.6. The number of nitrogens with zero attached hydrogens (tertiary/aromatic N) is 3. The first-order valence-corrected chi connectivity index (χ1v) is 9.55. The summed E-state index contributed by atoms with van der Waals surface area (Å²) in [6.07, 6.45) is 7.24. The third-order valence-electron chi connectivity index (χ3n) is 5.55. The minimum Gasteiger partial charge on any atom is -0.347 e. The van der Waals surface area contributed by atoms with E-state index in [4.69, 9.17) is 12.2 Å². The first kappa shape index (κ1) is 16.5. The van der Waals surface area contributed by atoms with Gasteiger partial charge in [0.25, 0.3) is 0 Å². The number of nitrogens with one attached hydrogen (secondary N) is 1. The smallest absolute Gasteiger partial charge is 0.189 e. The molecule has 1 aliphatic carbocycles. The summed E-state index contributed by atoms with van der Waals surface area (Å²) in [6, 6.07) is 10.2. The number of fused-ring (bicyclic) bond motifs is 5. The van der Waals surface area contributed by atoms with Gasteiger partial charge in [0.05, 0.1) is 11.2 Å². The Morgan fingerprint density at radius 3 is 2.52 bits per heavy atom. The molecule has 1 saturated carbocycles. The molecule has 0 radical (unpaired) electrons. The molecule has 2 saturated heterocycles. The maximum absolute atomic E-state index is 5.62. The number of para-hydroxylation sites is 1. The highest BCUT2D eigenvalue weighted by Crippen LogP contribution is 2.33. The molecular weight excluding hydrogens is 328 g/mol.